The lowest BCUT2D eigenvalue weighted by atomic mass is 10.2. The Morgan fingerprint density at radius 2 is 2.00 bits per heavy atom. The molecule has 2 heterocycles. The van der Waals surface area contributed by atoms with Gasteiger partial charge < -0.3 is 14.8 Å². The maximum atomic E-state index is 12.0. The molecule has 0 fully saturated rings. The summed E-state index contributed by atoms with van der Waals surface area (Å²) in [6.45, 7) is 4.67. The van der Waals surface area contributed by atoms with Gasteiger partial charge in [-0.05, 0) is 20.3 Å². The molecule has 0 saturated heterocycles. The molecule has 2 aromatic heterocycles. The maximum Gasteiger partial charge on any atom is 0.341 e. The largest absolute Gasteiger partial charge is 0.466 e. The minimum Gasteiger partial charge on any atom is -0.466 e. The van der Waals surface area contributed by atoms with Gasteiger partial charge in [0, 0.05) is 19.2 Å². The number of carbonyl (C=O) groups is 2. The third-order valence-electron chi connectivity index (χ3n) is 3.13. The first kappa shape index (κ1) is 16.7. The highest BCUT2D eigenvalue weighted by Gasteiger charge is 2.17. The number of H-pyrrole nitrogens is 1. The van der Waals surface area contributed by atoms with Crippen molar-refractivity contribution in [3.05, 3.63) is 18.0 Å². The molecule has 0 unspecified atom stereocenters. The van der Waals surface area contributed by atoms with Gasteiger partial charge in [0.05, 0.1) is 25.1 Å². The van der Waals surface area contributed by atoms with Crippen molar-refractivity contribution in [3.63, 3.8) is 0 Å². The predicted octanol–water partition coefficient (Wildman–Crippen LogP) is 1.89. The van der Waals surface area contributed by atoms with Crippen molar-refractivity contribution in [3.8, 4) is 0 Å². The molecule has 2 aromatic rings. The summed E-state index contributed by atoms with van der Waals surface area (Å²) in [6, 6.07) is 0. The van der Waals surface area contributed by atoms with Gasteiger partial charge in [-0.15, -0.1) is 0 Å². The van der Waals surface area contributed by atoms with E-state index in [4.69, 9.17) is 9.47 Å². The second-order valence-electron chi connectivity index (χ2n) is 4.73. The van der Waals surface area contributed by atoms with E-state index in [1.807, 2.05) is 0 Å². The number of aromatic nitrogens is 3. The van der Waals surface area contributed by atoms with Crippen LogP contribution in [0.3, 0.4) is 0 Å². The highest BCUT2D eigenvalue weighted by atomic mass is 16.5. The van der Waals surface area contributed by atoms with Crippen LogP contribution in [0, 0.1) is 0 Å². The van der Waals surface area contributed by atoms with Crippen LogP contribution in [-0.4, -0.2) is 46.9 Å². The van der Waals surface area contributed by atoms with Crippen LogP contribution in [0.5, 0.6) is 0 Å². The molecule has 0 saturated carbocycles. The third kappa shape index (κ3) is 4.18. The summed E-state index contributed by atoms with van der Waals surface area (Å²) in [5.74, 6) is -0.689. The molecule has 2 rings (SSSR count). The molecular weight excluding hydrogens is 300 g/mol. The van der Waals surface area contributed by atoms with Gasteiger partial charge in [-0.3, -0.25) is 14.9 Å². The summed E-state index contributed by atoms with van der Waals surface area (Å²) in [5.41, 5.74) is 2.19. The molecule has 124 valence electrons. The Morgan fingerprint density at radius 1 is 1.22 bits per heavy atom. The van der Waals surface area contributed by atoms with Gasteiger partial charge in [0.1, 0.15) is 16.6 Å². The molecule has 0 amide bonds. The number of pyridine rings is 1. The average Bonchev–Trinajstić information content (AvgIpc) is 3.00. The number of esters is 2. The highest BCUT2D eigenvalue weighted by molar-refractivity contribution is 6.03. The van der Waals surface area contributed by atoms with Crippen LogP contribution in [0.4, 0.5) is 5.69 Å². The lowest BCUT2D eigenvalue weighted by Gasteiger charge is -2.11. The zero-order valence-electron chi connectivity index (χ0n) is 13.2. The van der Waals surface area contributed by atoms with Gasteiger partial charge in [0.15, 0.2) is 0 Å². The van der Waals surface area contributed by atoms with Crippen molar-refractivity contribution in [1.29, 1.82) is 0 Å². The summed E-state index contributed by atoms with van der Waals surface area (Å²) in [6.07, 6.45) is 3.93. The number of aromatic amines is 1. The van der Waals surface area contributed by atoms with Crippen molar-refractivity contribution in [2.24, 2.45) is 0 Å². The Hall–Kier alpha value is -2.64. The van der Waals surface area contributed by atoms with Gasteiger partial charge in [0.2, 0.25) is 0 Å². The van der Waals surface area contributed by atoms with Crippen LogP contribution >= 0.6 is 0 Å². The molecule has 0 aromatic carbocycles. The van der Waals surface area contributed by atoms with Gasteiger partial charge in [0.25, 0.3) is 0 Å². The predicted molar refractivity (Wildman–Crippen MR) is 84.2 cm³/mol. The zero-order chi connectivity index (χ0) is 16.7. The fourth-order valence-corrected chi connectivity index (χ4v) is 2.12. The van der Waals surface area contributed by atoms with Gasteiger partial charge in [-0.25, -0.2) is 4.79 Å². The first-order valence-corrected chi connectivity index (χ1v) is 7.56. The van der Waals surface area contributed by atoms with Crippen LogP contribution < -0.4 is 5.32 Å². The summed E-state index contributed by atoms with van der Waals surface area (Å²) in [7, 11) is 0. The smallest absolute Gasteiger partial charge is 0.341 e. The maximum absolute atomic E-state index is 12.0. The van der Waals surface area contributed by atoms with Crippen LogP contribution in [0.2, 0.25) is 0 Å². The molecule has 0 radical (unpaired) electrons. The minimum atomic E-state index is -0.454. The summed E-state index contributed by atoms with van der Waals surface area (Å²) in [5, 5.41) is 9.92. The second kappa shape index (κ2) is 8.11. The van der Waals surface area contributed by atoms with E-state index >= 15 is 0 Å². The SMILES string of the molecule is CCOC(=O)CCCNc1c(C(=O)OCC)cnc2cn[nH]c12. The number of nitrogens with one attached hydrogen (secondary N) is 2. The molecule has 0 atom stereocenters. The third-order valence-corrected chi connectivity index (χ3v) is 3.13. The molecule has 0 spiro atoms. The Balaban J connectivity index is 2.10. The number of hydrogen-bond donors (Lipinski definition) is 2. The normalized spacial score (nSPS) is 10.5. The molecular formula is C15H20N4O4. The molecule has 0 aliphatic rings. The average molecular weight is 320 g/mol. The van der Waals surface area contributed by atoms with E-state index in [9.17, 15) is 9.59 Å². The van der Waals surface area contributed by atoms with Crippen LogP contribution in [0.1, 0.15) is 37.0 Å². The summed E-state index contributed by atoms with van der Waals surface area (Å²) in [4.78, 5) is 27.6. The molecule has 2 N–H and O–H groups in total. The standard InChI is InChI=1S/C15H20N4O4/c1-3-22-12(20)6-5-7-16-13-10(15(21)23-4-2)8-17-11-9-18-19-14(11)13/h8-9H,3-7H2,1-2H3,(H,16,17)(H,18,19). The topological polar surface area (TPSA) is 106 Å². The lowest BCUT2D eigenvalue weighted by Crippen LogP contribution is -2.13. The lowest BCUT2D eigenvalue weighted by molar-refractivity contribution is -0.143. The number of rotatable bonds is 8. The summed E-state index contributed by atoms with van der Waals surface area (Å²) >= 11 is 0. The van der Waals surface area contributed by atoms with Crippen molar-refractivity contribution in [2.45, 2.75) is 26.7 Å². The van der Waals surface area contributed by atoms with Crippen molar-refractivity contribution in [1.82, 2.24) is 15.2 Å². The van der Waals surface area contributed by atoms with Crippen molar-refractivity contribution >= 4 is 28.7 Å². The molecule has 0 bridgehead atoms. The molecule has 0 aliphatic carbocycles. The van der Waals surface area contributed by atoms with E-state index < -0.39 is 5.97 Å². The van der Waals surface area contributed by atoms with Crippen molar-refractivity contribution < 1.29 is 19.1 Å². The van der Waals surface area contributed by atoms with E-state index in [2.05, 4.69) is 20.5 Å². The van der Waals surface area contributed by atoms with E-state index in [0.29, 0.717) is 48.3 Å². The number of hydrogen-bond acceptors (Lipinski definition) is 7. The fraction of sp³-hybridized carbons (Fsp3) is 0.467. The number of fused-ring (bicyclic) bond motifs is 1. The van der Waals surface area contributed by atoms with Crippen LogP contribution in [0.15, 0.2) is 12.4 Å². The van der Waals surface area contributed by atoms with Crippen LogP contribution in [0.25, 0.3) is 11.0 Å². The van der Waals surface area contributed by atoms with E-state index in [1.165, 1.54) is 6.20 Å². The Morgan fingerprint density at radius 3 is 2.74 bits per heavy atom. The van der Waals surface area contributed by atoms with Gasteiger partial charge in [-0.2, -0.15) is 5.10 Å². The zero-order valence-corrected chi connectivity index (χ0v) is 13.2. The Labute approximate surface area is 133 Å². The monoisotopic (exact) mass is 320 g/mol. The first-order chi connectivity index (χ1) is 11.2. The second-order valence-corrected chi connectivity index (χ2v) is 4.73. The van der Waals surface area contributed by atoms with E-state index in [0.717, 1.165) is 0 Å². The van der Waals surface area contributed by atoms with Gasteiger partial charge >= 0.3 is 11.9 Å². The first-order valence-electron chi connectivity index (χ1n) is 7.56. The van der Waals surface area contributed by atoms with Crippen LogP contribution in [-0.2, 0) is 14.3 Å². The van der Waals surface area contributed by atoms with E-state index in [-0.39, 0.29) is 12.6 Å². The Kier molecular flexibility index (Phi) is 5.90. The molecule has 0 aliphatic heterocycles. The quantitative estimate of drug-likeness (QED) is 0.565. The molecule has 8 heteroatoms. The fourth-order valence-electron chi connectivity index (χ4n) is 2.12. The number of anilines is 1. The van der Waals surface area contributed by atoms with Gasteiger partial charge in [-0.1, -0.05) is 0 Å². The molecule has 8 nitrogen and oxygen atoms in total. The highest BCUT2D eigenvalue weighted by Crippen LogP contribution is 2.24. The number of ether oxygens (including phenoxy) is 2. The van der Waals surface area contributed by atoms with Crippen molar-refractivity contribution in [2.75, 3.05) is 25.1 Å². The minimum absolute atomic E-state index is 0.235. The molecule has 23 heavy (non-hydrogen) atoms. The number of nitrogens with zero attached hydrogens (tertiary/aromatic N) is 2. The summed E-state index contributed by atoms with van der Waals surface area (Å²) < 4.78 is 9.92. The number of carbonyl (C=O) groups excluding carboxylic acids is 2. The van der Waals surface area contributed by atoms with E-state index in [1.54, 1.807) is 20.0 Å². The Bertz CT molecular complexity index is 683.